The summed E-state index contributed by atoms with van der Waals surface area (Å²) in [7, 11) is 0. The first kappa shape index (κ1) is 16.2. The summed E-state index contributed by atoms with van der Waals surface area (Å²) in [4.78, 5) is 5.31. The molecule has 0 unspecified atom stereocenters. The zero-order valence-electron chi connectivity index (χ0n) is 12.9. The van der Waals surface area contributed by atoms with Crippen LogP contribution in [0, 0.1) is 0 Å². The minimum absolute atomic E-state index is 0.451. The van der Waals surface area contributed by atoms with Crippen molar-refractivity contribution in [3.63, 3.8) is 0 Å². The molecule has 0 spiro atoms. The van der Waals surface area contributed by atoms with Crippen molar-refractivity contribution in [1.29, 1.82) is 0 Å². The Hall–Kier alpha value is -1.62. The van der Waals surface area contributed by atoms with Gasteiger partial charge in [0.25, 0.3) is 0 Å². The summed E-state index contributed by atoms with van der Waals surface area (Å²) in [5.74, 6) is 0. The molecule has 2 N–H and O–H groups in total. The van der Waals surface area contributed by atoms with E-state index in [1.54, 1.807) is 0 Å². The van der Waals surface area contributed by atoms with Gasteiger partial charge in [0, 0.05) is 49.0 Å². The number of hydrogen-bond acceptors (Lipinski definition) is 3. The molecule has 1 fully saturated rings. The Balaban J connectivity index is 1.55. The Kier molecular flexibility index (Phi) is 5.16. The van der Waals surface area contributed by atoms with Crippen LogP contribution in [0.3, 0.4) is 0 Å². The Morgan fingerprint density at radius 2 is 1.74 bits per heavy atom. The summed E-state index contributed by atoms with van der Waals surface area (Å²) in [5.41, 5.74) is 9.06. The number of rotatable bonds is 4. The second-order valence-electron chi connectivity index (χ2n) is 5.80. The molecular weight excluding hydrogens is 326 g/mol. The lowest BCUT2D eigenvalue weighted by Gasteiger charge is -2.36. The van der Waals surface area contributed by atoms with Gasteiger partial charge in [-0.05, 0) is 23.8 Å². The van der Waals surface area contributed by atoms with Crippen LogP contribution < -0.4 is 10.6 Å². The van der Waals surface area contributed by atoms with Crippen LogP contribution in [0.1, 0.15) is 11.1 Å². The van der Waals surface area contributed by atoms with Crippen LogP contribution in [0.2, 0.25) is 5.02 Å². The number of nitrogens with zero attached hydrogens (tertiary/aromatic N) is 2. The Morgan fingerprint density at radius 1 is 1.04 bits per heavy atom. The van der Waals surface area contributed by atoms with Crippen molar-refractivity contribution >= 4 is 34.5 Å². The third kappa shape index (κ3) is 4.22. The highest BCUT2D eigenvalue weighted by molar-refractivity contribution is 7.80. The Labute approximate surface area is 147 Å². The van der Waals surface area contributed by atoms with Crippen molar-refractivity contribution < 1.29 is 0 Å². The molecule has 3 rings (SSSR count). The first-order valence-electron chi connectivity index (χ1n) is 7.73. The zero-order chi connectivity index (χ0) is 16.2. The first-order valence-corrected chi connectivity index (χ1v) is 8.52. The van der Waals surface area contributed by atoms with Crippen LogP contribution >= 0.6 is 23.8 Å². The fourth-order valence-electron chi connectivity index (χ4n) is 2.87. The molecule has 2 aromatic carbocycles. The average molecular weight is 346 g/mol. The molecule has 0 aromatic heterocycles. The second kappa shape index (κ2) is 7.30. The van der Waals surface area contributed by atoms with Crippen LogP contribution in [-0.4, -0.2) is 36.1 Å². The van der Waals surface area contributed by atoms with E-state index in [1.807, 2.05) is 30.3 Å². The molecule has 0 atom stereocenters. The molecule has 0 bridgehead atoms. The molecule has 1 aliphatic heterocycles. The quantitative estimate of drug-likeness (QED) is 0.862. The minimum Gasteiger partial charge on any atom is -0.389 e. The van der Waals surface area contributed by atoms with E-state index >= 15 is 0 Å². The van der Waals surface area contributed by atoms with Gasteiger partial charge >= 0.3 is 0 Å². The molecule has 2 aromatic rings. The molecule has 0 radical (unpaired) electrons. The number of anilines is 1. The van der Waals surface area contributed by atoms with E-state index in [4.69, 9.17) is 29.6 Å². The van der Waals surface area contributed by atoms with E-state index in [1.165, 1.54) is 11.3 Å². The Morgan fingerprint density at radius 3 is 2.35 bits per heavy atom. The zero-order valence-corrected chi connectivity index (χ0v) is 14.5. The van der Waals surface area contributed by atoms with Gasteiger partial charge in [0.05, 0.1) is 0 Å². The standard InChI is InChI=1S/C18H20ClN3S/c19-16-2-1-3-17(12-16)22-10-8-21(9-11-22)13-14-4-6-15(7-5-14)18(20)23/h1-7,12H,8-11,13H2,(H2,20,23). The van der Waals surface area contributed by atoms with E-state index < -0.39 is 0 Å². The van der Waals surface area contributed by atoms with Crippen LogP contribution in [-0.2, 0) is 6.54 Å². The molecule has 5 heteroatoms. The summed E-state index contributed by atoms with van der Waals surface area (Å²) in [6.45, 7) is 5.09. The third-order valence-corrected chi connectivity index (χ3v) is 4.66. The van der Waals surface area contributed by atoms with Crippen molar-refractivity contribution in [3.05, 3.63) is 64.7 Å². The number of benzene rings is 2. The monoisotopic (exact) mass is 345 g/mol. The fraction of sp³-hybridized carbons (Fsp3) is 0.278. The van der Waals surface area contributed by atoms with E-state index in [9.17, 15) is 0 Å². The van der Waals surface area contributed by atoms with Gasteiger partial charge in [-0.15, -0.1) is 0 Å². The average Bonchev–Trinajstić information content (AvgIpc) is 2.56. The van der Waals surface area contributed by atoms with Gasteiger partial charge in [0.15, 0.2) is 0 Å². The van der Waals surface area contributed by atoms with Gasteiger partial charge in [-0.25, -0.2) is 0 Å². The van der Waals surface area contributed by atoms with E-state index in [0.717, 1.165) is 43.3 Å². The largest absolute Gasteiger partial charge is 0.389 e. The molecule has 23 heavy (non-hydrogen) atoms. The summed E-state index contributed by atoms with van der Waals surface area (Å²) < 4.78 is 0. The lowest BCUT2D eigenvalue weighted by atomic mass is 10.1. The van der Waals surface area contributed by atoms with E-state index in [2.05, 4.69) is 28.0 Å². The maximum absolute atomic E-state index is 6.08. The van der Waals surface area contributed by atoms with Crippen molar-refractivity contribution in [1.82, 2.24) is 4.90 Å². The van der Waals surface area contributed by atoms with Crippen molar-refractivity contribution in [2.75, 3.05) is 31.1 Å². The molecule has 0 aliphatic carbocycles. The molecule has 120 valence electrons. The lowest BCUT2D eigenvalue weighted by Crippen LogP contribution is -2.45. The van der Waals surface area contributed by atoms with Crippen LogP contribution in [0.5, 0.6) is 0 Å². The normalized spacial score (nSPS) is 15.6. The number of nitrogens with two attached hydrogens (primary N) is 1. The van der Waals surface area contributed by atoms with Crippen molar-refractivity contribution in [3.8, 4) is 0 Å². The smallest absolute Gasteiger partial charge is 0.103 e. The van der Waals surface area contributed by atoms with Crippen LogP contribution in [0.25, 0.3) is 0 Å². The first-order chi connectivity index (χ1) is 11.1. The highest BCUT2D eigenvalue weighted by atomic mass is 35.5. The van der Waals surface area contributed by atoms with Gasteiger partial charge in [-0.2, -0.15) is 0 Å². The second-order valence-corrected chi connectivity index (χ2v) is 6.68. The molecule has 1 heterocycles. The molecule has 0 amide bonds. The van der Waals surface area contributed by atoms with Gasteiger partial charge in [-0.1, -0.05) is 54.2 Å². The molecule has 1 saturated heterocycles. The minimum atomic E-state index is 0.451. The molecular formula is C18H20ClN3S. The maximum Gasteiger partial charge on any atom is 0.103 e. The van der Waals surface area contributed by atoms with Crippen molar-refractivity contribution in [2.45, 2.75) is 6.54 Å². The number of piperazine rings is 1. The lowest BCUT2D eigenvalue weighted by molar-refractivity contribution is 0.250. The fourth-order valence-corrected chi connectivity index (χ4v) is 3.19. The summed E-state index contributed by atoms with van der Waals surface area (Å²) >= 11 is 11.1. The topological polar surface area (TPSA) is 32.5 Å². The number of halogens is 1. The van der Waals surface area contributed by atoms with Crippen LogP contribution in [0.4, 0.5) is 5.69 Å². The van der Waals surface area contributed by atoms with Crippen molar-refractivity contribution in [2.24, 2.45) is 5.73 Å². The maximum atomic E-state index is 6.08. The molecule has 1 aliphatic rings. The van der Waals surface area contributed by atoms with Gasteiger partial charge < -0.3 is 10.6 Å². The highest BCUT2D eigenvalue weighted by Gasteiger charge is 2.17. The predicted molar refractivity (Wildman–Crippen MR) is 101 cm³/mol. The summed E-state index contributed by atoms with van der Waals surface area (Å²) in [5, 5.41) is 0.794. The summed E-state index contributed by atoms with van der Waals surface area (Å²) in [6, 6.07) is 16.3. The van der Waals surface area contributed by atoms with Gasteiger partial charge in [-0.3, -0.25) is 4.90 Å². The SMILES string of the molecule is NC(=S)c1ccc(CN2CCN(c3cccc(Cl)c3)CC2)cc1. The summed E-state index contributed by atoms with van der Waals surface area (Å²) in [6.07, 6.45) is 0. The number of hydrogen-bond donors (Lipinski definition) is 1. The molecule has 0 saturated carbocycles. The van der Waals surface area contributed by atoms with E-state index in [0.29, 0.717) is 4.99 Å². The van der Waals surface area contributed by atoms with E-state index in [-0.39, 0.29) is 0 Å². The predicted octanol–water partition coefficient (Wildman–Crippen LogP) is 3.30. The van der Waals surface area contributed by atoms with Gasteiger partial charge in [0.2, 0.25) is 0 Å². The molecule has 3 nitrogen and oxygen atoms in total. The highest BCUT2D eigenvalue weighted by Crippen LogP contribution is 2.21. The third-order valence-electron chi connectivity index (χ3n) is 4.19. The Bertz CT molecular complexity index is 679. The van der Waals surface area contributed by atoms with Gasteiger partial charge in [0.1, 0.15) is 4.99 Å². The van der Waals surface area contributed by atoms with Crippen LogP contribution in [0.15, 0.2) is 48.5 Å². The number of thiocarbonyl (C=S) groups is 1.